The smallest absolute Gasteiger partial charge is 0.338 e. The number of benzene rings is 2. The van der Waals surface area contributed by atoms with Crippen LogP contribution in [0.1, 0.15) is 17.3 Å². The molecule has 0 radical (unpaired) electrons. The van der Waals surface area contributed by atoms with Crippen LogP contribution in [-0.2, 0) is 9.53 Å². The molecule has 2 aromatic rings. The molecule has 0 unspecified atom stereocenters. The predicted octanol–water partition coefficient (Wildman–Crippen LogP) is 3.64. The van der Waals surface area contributed by atoms with Crippen LogP contribution in [0.5, 0.6) is 0 Å². The number of hydrogen-bond donors (Lipinski definition) is 1. The lowest BCUT2D eigenvalue weighted by Gasteiger charge is -2.13. The van der Waals surface area contributed by atoms with Crippen molar-refractivity contribution in [2.75, 3.05) is 11.6 Å². The normalized spacial score (nSPS) is 11.5. The number of nitro benzene ring substituents is 1. The van der Waals surface area contributed by atoms with Gasteiger partial charge in [-0.1, -0.05) is 0 Å². The molecule has 0 fully saturated rings. The molecule has 0 saturated heterocycles. The van der Waals surface area contributed by atoms with Crippen LogP contribution in [0.3, 0.4) is 0 Å². The molecule has 0 spiro atoms. The van der Waals surface area contributed by atoms with Crippen molar-refractivity contribution in [3.05, 3.63) is 64.0 Å². The monoisotopic (exact) mass is 378 g/mol. The highest BCUT2D eigenvalue weighted by Gasteiger charge is 2.21. The lowest BCUT2D eigenvalue weighted by atomic mass is 10.2. The first-order valence-electron chi connectivity index (χ1n) is 7.41. The highest BCUT2D eigenvalue weighted by molar-refractivity contribution is 7.98. The number of carbonyl (C=O) groups excluding carboxylic acids is 2. The molecular formula is C17H15FN2O5S. The Morgan fingerprint density at radius 2 is 1.88 bits per heavy atom. The van der Waals surface area contributed by atoms with E-state index < -0.39 is 34.4 Å². The average molecular weight is 378 g/mol. The zero-order valence-electron chi connectivity index (χ0n) is 13.9. The van der Waals surface area contributed by atoms with Crippen molar-refractivity contribution in [2.24, 2.45) is 0 Å². The van der Waals surface area contributed by atoms with Crippen LogP contribution < -0.4 is 5.32 Å². The lowest BCUT2D eigenvalue weighted by Crippen LogP contribution is -2.30. The van der Waals surface area contributed by atoms with E-state index in [4.69, 9.17) is 4.74 Å². The highest BCUT2D eigenvalue weighted by Crippen LogP contribution is 2.22. The second-order valence-corrected chi connectivity index (χ2v) is 6.07. The van der Waals surface area contributed by atoms with Gasteiger partial charge in [-0.3, -0.25) is 14.9 Å². The van der Waals surface area contributed by atoms with Crippen LogP contribution in [0, 0.1) is 15.9 Å². The molecule has 1 amide bonds. The molecule has 0 aromatic heterocycles. The second-order valence-electron chi connectivity index (χ2n) is 5.19. The molecule has 0 saturated carbocycles. The van der Waals surface area contributed by atoms with Crippen LogP contribution in [-0.4, -0.2) is 29.2 Å². The SMILES string of the molecule is CSc1ccc(C(=O)O[C@H](C)C(=O)Nc2ccc(F)c([N+](=O)[O-])c2)cc1. The number of nitrogens with zero attached hydrogens (tertiary/aromatic N) is 1. The maximum absolute atomic E-state index is 13.3. The third-order valence-corrected chi connectivity index (χ3v) is 4.13. The van der Waals surface area contributed by atoms with Crippen molar-refractivity contribution in [1.29, 1.82) is 0 Å². The van der Waals surface area contributed by atoms with Crippen LogP contribution in [0.25, 0.3) is 0 Å². The molecule has 0 heterocycles. The molecule has 1 atom stereocenters. The number of halogens is 1. The summed E-state index contributed by atoms with van der Waals surface area (Å²) in [6.07, 6.45) is 0.756. The minimum atomic E-state index is -1.15. The van der Waals surface area contributed by atoms with E-state index >= 15 is 0 Å². The highest BCUT2D eigenvalue weighted by atomic mass is 32.2. The van der Waals surface area contributed by atoms with Gasteiger partial charge in [-0.25, -0.2) is 4.79 Å². The summed E-state index contributed by atoms with van der Waals surface area (Å²) in [5.74, 6) is -2.38. The number of carbonyl (C=O) groups is 2. The van der Waals surface area contributed by atoms with E-state index in [1.54, 1.807) is 24.3 Å². The van der Waals surface area contributed by atoms with Crippen LogP contribution in [0.15, 0.2) is 47.4 Å². The first-order chi connectivity index (χ1) is 12.3. The van der Waals surface area contributed by atoms with Gasteiger partial charge in [-0.05, 0) is 49.6 Å². The molecule has 0 aliphatic carbocycles. The predicted molar refractivity (Wildman–Crippen MR) is 94.8 cm³/mol. The number of nitro groups is 1. The van der Waals surface area contributed by atoms with Crippen molar-refractivity contribution in [3.63, 3.8) is 0 Å². The fourth-order valence-electron chi connectivity index (χ4n) is 1.98. The molecule has 0 aliphatic heterocycles. The van der Waals surface area contributed by atoms with E-state index in [9.17, 15) is 24.1 Å². The maximum Gasteiger partial charge on any atom is 0.338 e. The van der Waals surface area contributed by atoms with Gasteiger partial charge in [0.25, 0.3) is 5.91 Å². The van der Waals surface area contributed by atoms with Crippen molar-refractivity contribution >= 4 is 35.0 Å². The van der Waals surface area contributed by atoms with Crippen molar-refractivity contribution in [1.82, 2.24) is 0 Å². The van der Waals surface area contributed by atoms with Gasteiger partial charge in [-0.2, -0.15) is 4.39 Å². The largest absolute Gasteiger partial charge is 0.449 e. The molecule has 7 nitrogen and oxygen atoms in total. The zero-order chi connectivity index (χ0) is 19.3. The molecule has 1 N–H and O–H groups in total. The van der Waals surface area contributed by atoms with Gasteiger partial charge in [0.1, 0.15) is 0 Å². The summed E-state index contributed by atoms with van der Waals surface area (Å²) in [6.45, 7) is 1.36. The molecule has 26 heavy (non-hydrogen) atoms. The first-order valence-corrected chi connectivity index (χ1v) is 8.64. The fourth-order valence-corrected chi connectivity index (χ4v) is 2.39. The number of nitrogens with one attached hydrogen (secondary N) is 1. The Balaban J connectivity index is 2.01. The summed E-state index contributed by atoms with van der Waals surface area (Å²) < 4.78 is 18.4. The van der Waals surface area contributed by atoms with Crippen molar-refractivity contribution in [3.8, 4) is 0 Å². The summed E-state index contributed by atoms with van der Waals surface area (Å²) in [5.41, 5.74) is -0.448. The van der Waals surface area contributed by atoms with E-state index in [0.29, 0.717) is 5.56 Å². The Bertz CT molecular complexity index is 842. The molecule has 0 aliphatic rings. The summed E-state index contributed by atoms with van der Waals surface area (Å²) in [4.78, 5) is 34.9. The second kappa shape index (κ2) is 8.43. The van der Waals surface area contributed by atoms with Crippen LogP contribution >= 0.6 is 11.8 Å². The Morgan fingerprint density at radius 3 is 2.46 bits per heavy atom. The van der Waals surface area contributed by atoms with Crippen LogP contribution in [0.4, 0.5) is 15.8 Å². The van der Waals surface area contributed by atoms with E-state index in [2.05, 4.69) is 5.32 Å². The molecule has 9 heteroatoms. The van der Waals surface area contributed by atoms with Gasteiger partial charge in [0.15, 0.2) is 6.10 Å². The van der Waals surface area contributed by atoms with E-state index in [1.807, 2.05) is 6.26 Å². The standard InChI is InChI=1S/C17H15FN2O5S/c1-10(25-17(22)11-3-6-13(26-2)7-4-11)16(21)19-12-5-8-14(18)15(9-12)20(23)24/h3-10H,1-2H3,(H,19,21)/t10-/m1/s1. The molecular weight excluding hydrogens is 363 g/mol. The number of amides is 1. The Kier molecular flexibility index (Phi) is 6.29. The van der Waals surface area contributed by atoms with Crippen LogP contribution in [0.2, 0.25) is 0 Å². The Morgan fingerprint density at radius 1 is 1.23 bits per heavy atom. The Hall–Kier alpha value is -2.94. The summed E-state index contributed by atoms with van der Waals surface area (Å²) in [5, 5.41) is 13.1. The summed E-state index contributed by atoms with van der Waals surface area (Å²) in [6, 6.07) is 9.62. The summed E-state index contributed by atoms with van der Waals surface area (Å²) in [7, 11) is 0. The number of anilines is 1. The third-order valence-electron chi connectivity index (χ3n) is 3.39. The average Bonchev–Trinajstić information content (AvgIpc) is 2.62. The van der Waals surface area contributed by atoms with Gasteiger partial charge in [0.2, 0.25) is 5.82 Å². The number of ether oxygens (including phenoxy) is 1. The number of esters is 1. The van der Waals surface area contributed by atoms with E-state index in [-0.39, 0.29) is 5.69 Å². The van der Waals surface area contributed by atoms with Gasteiger partial charge in [0, 0.05) is 16.6 Å². The van der Waals surface area contributed by atoms with Gasteiger partial charge < -0.3 is 10.1 Å². The minimum Gasteiger partial charge on any atom is -0.449 e. The van der Waals surface area contributed by atoms with Gasteiger partial charge in [0.05, 0.1) is 10.5 Å². The number of rotatable bonds is 6. The Labute approximate surface area is 152 Å². The van der Waals surface area contributed by atoms with Gasteiger partial charge in [-0.15, -0.1) is 11.8 Å². The van der Waals surface area contributed by atoms with Crippen molar-refractivity contribution in [2.45, 2.75) is 17.9 Å². The zero-order valence-corrected chi connectivity index (χ0v) is 14.7. The van der Waals surface area contributed by atoms with Crippen molar-refractivity contribution < 1.29 is 23.6 Å². The molecule has 2 rings (SSSR count). The van der Waals surface area contributed by atoms with E-state index in [0.717, 1.165) is 17.0 Å². The maximum atomic E-state index is 13.3. The first kappa shape index (κ1) is 19.4. The minimum absolute atomic E-state index is 0.0234. The van der Waals surface area contributed by atoms with Gasteiger partial charge >= 0.3 is 11.7 Å². The van der Waals surface area contributed by atoms with E-state index in [1.165, 1.54) is 24.8 Å². The number of hydrogen-bond acceptors (Lipinski definition) is 6. The third kappa shape index (κ3) is 4.79. The molecule has 2 aromatic carbocycles. The quantitative estimate of drug-likeness (QED) is 0.357. The summed E-state index contributed by atoms with van der Waals surface area (Å²) >= 11 is 1.52. The molecule has 136 valence electrons. The number of thioether (sulfide) groups is 1. The molecule has 0 bridgehead atoms. The fraction of sp³-hybridized carbons (Fsp3) is 0.176. The topological polar surface area (TPSA) is 98.5 Å². The lowest BCUT2D eigenvalue weighted by molar-refractivity contribution is -0.387.